The molecule has 156 valence electrons. The van der Waals surface area contributed by atoms with E-state index in [1.165, 1.54) is 7.05 Å². The summed E-state index contributed by atoms with van der Waals surface area (Å²) >= 11 is 0.852. The maximum atomic E-state index is 12.8. The Kier molecular flexibility index (Phi) is 6.11. The van der Waals surface area contributed by atoms with Gasteiger partial charge in [0, 0.05) is 5.69 Å². The average molecular weight is 430 g/mol. The number of carbonyl (C=O) groups excluding carboxylic acids is 2. The highest BCUT2D eigenvalue weighted by Gasteiger charge is 2.27. The number of ether oxygens (including phenoxy) is 1. The van der Waals surface area contributed by atoms with Gasteiger partial charge in [-0.1, -0.05) is 22.9 Å². The number of aryl methyl sites for hydroxylation is 1. The first-order valence-corrected chi connectivity index (χ1v) is 9.65. The number of amides is 1. The largest absolute Gasteiger partial charge is 0.854 e. The van der Waals surface area contributed by atoms with Gasteiger partial charge in [-0.05, 0) is 36.8 Å². The van der Waals surface area contributed by atoms with E-state index in [0.29, 0.717) is 11.3 Å². The molecular weight excluding hydrogens is 412 g/mol. The predicted octanol–water partition coefficient (Wildman–Crippen LogP) is 1.03. The highest BCUT2D eigenvalue weighted by atomic mass is 32.1. The first-order chi connectivity index (χ1) is 14.3. The summed E-state index contributed by atoms with van der Waals surface area (Å²) < 4.78 is 10.7. The lowest BCUT2D eigenvalue weighted by Crippen LogP contribution is -2.43. The van der Waals surface area contributed by atoms with E-state index >= 15 is 0 Å². The topological polar surface area (TPSA) is 141 Å². The number of H-pyrrole nitrogens is 1. The quantitative estimate of drug-likeness (QED) is 0.259. The molecule has 30 heavy (non-hydrogen) atoms. The minimum atomic E-state index is -0.922. The zero-order valence-corrected chi connectivity index (χ0v) is 17.2. The Morgan fingerprint density at radius 3 is 2.63 bits per heavy atom. The summed E-state index contributed by atoms with van der Waals surface area (Å²) in [7, 11) is 1.40. The fourth-order valence-corrected chi connectivity index (χ4v) is 3.72. The van der Waals surface area contributed by atoms with Crippen molar-refractivity contribution in [2.24, 2.45) is 12.0 Å². The van der Waals surface area contributed by atoms with Crippen molar-refractivity contribution in [3.63, 3.8) is 0 Å². The van der Waals surface area contributed by atoms with Gasteiger partial charge in [0.1, 0.15) is 10.6 Å². The van der Waals surface area contributed by atoms with Gasteiger partial charge in [-0.25, -0.2) is 14.6 Å². The van der Waals surface area contributed by atoms with Crippen molar-refractivity contribution in [3.05, 3.63) is 62.4 Å². The van der Waals surface area contributed by atoms with Crippen molar-refractivity contribution in [2.45, 2.75) is 13.8 Å². The highest BCUT2D eigenvalue weighted by Crippen LogP contribution is 2.36. The van der Waals surface area contributed by atoms with Gasteiger partial charge in [0.25, 0.3) is 5.91 Å². The summed E-state index contributed by atoms with van der Waals surface area (Å²) in [6, 6.07) is 8.77. The first-order valence-electron chi connectivity index (χ1n) is 8.84. The van der Waals surface area contributed by atoms with Crippen LogP contribution in [0.25, 0.3) is 0 Å². The van der Waals surface area contributed by atoms with E-state index in [1.807, 2.05) is 6.07 Å². The van der Waals surface area contributed by atoms with Crippen LogP contribution in [0.2, 0.25) is 0 Å². The number of hydrogen-bond donors (Lipinski definition) is 2. The number of para-hydroxylation sites is 1. The highest BCUT2D eigenvalue weighted by molar-refractivity contribution is 7.18. The molecule has 10 nitrogen and oxygen atoms in total. The lowest BCUT2D eigenvalue weighted by Gasteiger charge is -2.05. The third kappa shape index (κ3) is 4.15. The molecule has 0 saturated carbocycles. The van der Waals surface area contributed by atoms with Crippen LogP contribution in [0.15, 0.2) is 44.6 Å². The average Bonchev–Trinajstić information content (AvgIpc) is 3.21. The van der Waals surface area contributed by atoms with Crippen LogP contribution in [-0.4, -0.2) is 29.7 Å². The number of aromatic nitrogens is 2. The van der Waals surface area contributed by atoms with E-state index in [9.17, 15) is 19.5 Å². The Labute approximate surface area is 174 Å². The number of benzene rings is 1. The van der Waals surface area contributed by atoms with Gasteiger partial charge in [-0.2, -0.15) is 0 Å². The molecule has 0 aliphatic carbocycles. The third-order valence-electron chi connectivity index (χ3n) is 4.06. The molecule has 2 aromatic heterocycles. The maximum absolute atomic E-state index is 12.8. The number of thiophene rings is 1. The summed E-state index contributed by atoms with van der Waals surface area (Å²) in [5, 5.41) is 17.4. The lowest BCUT2D eigenvalue weighted by molar-refractivity contribution is -0.742. The van der Waals surface area contributed by atoms with Crippen LogP contribution in [0.4, 0.5) is 10.7 Å². The molecule has 1 amide bonds. The third-order valence-corrected chi connectivity index (χ3v) is 5.24. The zero-order valence-electron chi connectivity index (χ0n) is 16.3. The summed E-state index contributed by atoms with van der Waals surface area (Å²) in [4.78, 5) is 41.0. The van der Waals surface area contributed by atoms with Gasteiger partial charge < -0.3 is 15.2 Å². The summed E-state index contributed by atoms with van der Waals surface area (Å²) in [5.74, 6) is -2.11. The van der Waals surface area contributed by atoms with E-state index < -0.39 is 23.4 Å². The molecule has 2 heterocycles. The molecule has 0 unspecified atom stereocenters. The minimum Gasteiger partial charge on any atom is -0.854 e. The number of aliphatic imine (C=N–C) groups is 1. The van der Waals surface area contributed by atoms with Crippen LogP contribution < -0.4 is 20.7 Å². The Morgan fingerprint density at radius 1 is 1.33 bits per heavy atom. The molecular formula is C19H18N4O6S. The molecule has 0 fully saturated rings. The molecule has 2 N–H and O–H groups in total. The molecule has 1 aromatic carbocycles. The fourth-order valence-electron chi connectivity index (χ4n) is 2.66. The second-order valence-electron chi connectivity index (χ2n) is 6.08. The zero-order chi connectivity index (χ0) is 21.8. The number of aromatic amines is 1. The van der Waals surface area contributed by atoms with E-state index in [0.717, 1.165) is 16.0 Å². The van der Waals surface area contributed by atoms with E-state index in [1.54, 1.807) is 38.1 Å². The van der Waals surface area contributed by atoms with Crippen LogP contribution in [-0.2, 0) is 11.8 Å². The normalized spacial score (nSPS) is 11.4. The van der Waals surface area contributed by atoms with Crippen molar-refractivity contribution in [1.29, 1.82) is 0 Å². The van der Waals surface area contributed by atoms with Crippen molar-refractivity contribution in [3.8, 4) is 0 Å². The molecule has 0 atom stereocenters. The number of hydrogen-bond acceptors (Lipinski definition) is 8. The van der Waals surface area contributed by atoms with Crippen LogP contribution >= 0.6 is 11.3 Å². The molecule has 0 aliphatic rings. The van der Waals surface area contributed by atoms with Crippen molar-refractivity contribution < 1.29 is 28.6 Å². The number of nitrogens with one attached hydrogen (secondary N) is 2. The van der Waals surface area contributed by atoms with E-state index in [2.05, 4.69) is 20.1 Å². The minimum absolute atomic E-state index is 0.00371. The Balaban J connectivity index is 2.06. The lowest BCUT2D eigenvalue weighted by atomic mass is 10.1. The summed E-state index contributed by atoms with van der Waals surface area (Å²) in [6.07, 6.45) is 0. The monoisotopic (exact) mass is 430 g/mol. The summed E-state index contributed by atoms with van der Waals surface area (Å²) in [5.41, 5.74) is -0.371. The Bertz CT molecular complexity index is 1180. The van der Waals surface area contributed by atoms with Gasteiger partial charge in [-0.15, -0.1) is 11.3 Å². The maximum Gasteiger partial charge on any atom is 0.435 e. The van der Waals surface area contributed by atoms with E-state index in [4.69, 9.17) is 4.74 Å². The Hall–Kier alpha value is -3.73. The van der Waals surface area contributed by atoms with Crippen LogP contribution in [0.5, 0.6) is 0 Å². The van der Waals surface area contributed by atoms with Gasteiger partial charge in [-0.3, -0.25) is 9.32 Å². The number of rotatable bonds is 6. The van der Waals surface area contributed by atoms with Crippen LogP contribution in [0.3, 0.4) is 0 Å². The van der Waals surface area contributed by atoms with Gasteiger partial charge in [0.2, 0.25) is 0 Å². The Morgan fingerprint density at radius 2 is 2.03 bits per heavy atom. The molecule has 0 bridgehead atoms. The fraction of sp³-hybridized carbons (Fsp3) is 0.211. The smallest absolute Gasteiger partial charge is 0.435 e. The van der Waals surface area contributed by atoms with Gasteiger partial charge in [0.15, 0.2) is 7.05 Å². The molecule has 0 radical (unpaired) electrons. The number of esters is 1. The molecule has 3 rings (SSSR count). The van der Waals surface area contributed by atoms with Gasteiger partial charge in [0.05, 0.1) is 17.4 Å². The SMILES string of the molecule is CCOC(=O)c1c(/N=C(\[O-])c2c(=O)o[nH][n+]2C)sc(C(=O)Nc2ccccc2)c1C. The van der Waals surface area contributed by atoms with E-state index in [-0.39, 0.29) is 27.7 Å². The first kappa shape index (κ1) is 21.0. The van der Waals surface area contributed by atoms with Crippen LogP contribution in [0, 0.1) is 6.92 Å². The predicted molar refractivity (Wildman–Crippen MR) is 106 cm³/mol. The number of nitrogens with zero attached hydrogens (tertiary/aromatic N) is 2. The number of anilines is 1. The molecule has 11 heteroatoms. The number of carbonyl (C=O) groups is 2. The molecule has 0 spiro atoms. The van der Waals surface area contributed by atoms with Crippen molar-refractivity contribution in [1.82, 2.24) is 5.27 Å². The second kappa shape index (κ2) is 8.74. The van der Waals surface area contributed by atoms with Crippen molar-refractivity contribution >= 4 is 39.8 Å². The van der Waals surface area contributed by atoms with Gasteiger partial charge >= 0.3 is 17.3 Å². The second-order valence-corrected chi connectivity index (χ2v) is 7.08. The standard InChI is InChI=1S/C19H18N4O6S/c1-4-28-18(26)12-10(2)14(16(25)20-11-8-6-5-7-9-11)30-17(12)21-15(24)13-19(27)29-22-23(13)3/h5-9H,4H2,1-3H3,(H2-,20,21,22,24,25,26,27). The molecule has 0 saturated heterocycles. The molecule has 3 aromatic rings. The van der Waals surface area contributed by atoms with Crippen molar-refractivity contribution in [2.75, 3.05) is 11.9 Å². The molecule has 0 aliphatic heterocycles. The summed E-state index contributed by atoms with van der Waals surface area (Å²) in [6.45, 7) is 3.30. The van der Waals surface area contributed by atoms with Crippen LogP contribution in [0.1, 0.15) is 38.2 Å².